The van der Waals surface area contributed by atoms with Crippen molar-refractivity contribution < 1.29 is 13.2 Å². The highest BCUT2D eigenvalue weighted by atomic mass is 79.9. The number of pyridine rings is 1. The average molecular weight is 533 g/mol. The Bertz CT molecular complexity index is 1240. The highest BCUT2D eigenvalue weighted by Crippen LogP contribution is 2.33. The van der Waals surface area contributed by atoms with Crippen LogP contribution in [-0.4, -0.2) is 57.7 Å². The number of nitrogens with zero attached hydrogens (tertiary/aromatic N) is 4. The molecule has 1 fully saturated rings. The van der Waals surface area contributed by atoms with Gasteiger partial charge in [0.25, 0.3) is 0 Å². The molecule has 1 aromatic heterocycles. The first-order chi connectivity index (χ1) is 15.9. The standard InChI is InChI=1S/C22H25BrN6O3S/c23-17-3-2-16-15-25-22(24)21(20(16)14-17)28-27-18-4-6-19(7-5-18)33(30,31)26-8-1-9-29-10-12-32-13-11-29/h2-7,14-15,26H,1,8-13H2,(H2,24,25). The van der Waals surface area contributed by atoms with Gasteiger partial charge in [-0.3, -0.25) is 4.90 Å². The SMILES string of the molecule is Nc1ncc2ccc(Br)cc2c1N=Nc1ccc(S(=O)(=O)NCCCN2CCOCC2)cc1. The van der Waals surface area contributed by atoms with Crippen LogP contribution in [0.3, 0.4) is 0 Å². The summed E-state index contributed by atoms with van der Waals surface area (Å²) in [5.41, 5.74) is 6.98. The summed E-state index contributed by atoms with van der Waals surface area (Å²) < 4.78 is 34.0. The van der Waals surface area contributed by atoms with Crippen molar-refractivity contribution in [2.24, 2.45) is 10.2 Å². The zero-order chi connectivity index (χ0) is 23.3. The van der Waals surface area contributed by atoms with E-state index in [4.69, 9.17) is 10.5 Å². The van der Waals surface area contributed by atoms with Crippen LogP contribution in [0.2, 0.25) is 0 Å². The fraction of sp³-hybridized carbons (Fsp3) is 0.318. The van der Waals surface area contributed by atoms with Gasteiger partial charge in [0, 0.05) is 41.1 Å². The van der Waals surface area contributed by atoms with Crippen LogP contribution in [0.25, 0.3) is 10.8 Å². The number of rotatable bonds is 8. The second-order valence-corrected chi connectivity index (χ2v) is 10.3. The molecule has 1 aliphatic rings. The number of morpholine rings is 1. The van der Waals surface area contributed by atoms with Gasteiger partial charge in [-0.15, -0.1) is 5.11 Å². The molecule has 0 bridgehead atoms. The van der Waals surface area contributed by atoms with E-state index in [1.165, 1.54) is 12.1 Å². The van der Waals surface area contributed by atoms with Crippen LogP contribution in [0.15, 0.2) is 68.3 Å². The van der Waals surface area contributed by atoms with E-state index >= 15 is 0 Å². The third-order valence-corrected chi connectivity index (χ3v) is 7.29. The van der Waals surface area contributed by atoms with Gasteiger partial charge in [-0.05, 0) is 49.4 Å². The van der Waals surface area contributed by atoms with Crippen molar-refractivity contribution in [3.05, 3.63) is 53.1 Å². The third-order valence-electron chi connectivity index (χ3n) is 5.32. The number of nitrogens with one attached hydrogen (secondary N) is 1. The summed E-state index contributed by atoms with van der Waals surface area (Å²) in [6.07, 6.45) is 2.42. The Balaban J connectivity index is 1.40. The Hall–Kier alpha value is -2.44. The van der Waals surface area contributed by atoms with E-state index in [9.17, 15) is 8.42 Å². The largest absolute Gasteiger partial charge is 0.382 e. The molecule has 0 atom stereocenters. The minimum Gasteiger partial charge on any atom is -0.382 e. The number of ether oxygens (including phenoxy) is 1. The van der Waals surface area contributed by atoms with Gasteiger partial charge in [0.15, 0.2) is 5.82 Å². The topological polar surface area (TPSA) is 122 Å². The average Bonchev–Trinajstić information content (AvgIpc) is 2.82. The zero-order valence-corrected chi connectivity index (χ0v) is 20.3. The van der Waals surface area contributed by atoms with Crippen LogP contribution < -0.4 is 10.5 Å². The Morgan fingerprint density at radius 3 is 2.64 bits per heavy atom. The number of azo groups is 1. The maximum atomic E-state index is 12.6. The molecule has 0 spiro atoms. The molecule has 3 aromatic rings. The van der Waals surface area contributed by atoms with Gasteiger partial charge in [-0.1, -0.05) is 22.0 Å². The van der Waals surface area contributed by atoms with Crippen molar-refractivity contribution >= 4 is 53.9 Å². The van der Waals surface area contributed by atoms with Gasteiger partial charge in [-0.25, -0.2) is 18.1 Å². The van der Waals surface area contributed by atoms with Crippen molar-refractivity contribution in [1.82, 2.24) is 14.6 Å². The molecule has 0 saturated carbocycles. The lowest BCUT2D eigenvalue weighted by Gasteiger charge is -2.26. The van der Waals surface area contributed by atoms with E-state index in [0.717, 1.165) is 54.5 Å². The third kappa shape index (κ3) is 6.12. The van der Waals surface area contributed by atoms with E-state index in [1.807, 2.05) is 18.2 Å². The second kappa shape index (κ2) is 10.7. The van der Waals surface area contributed by atoms with Gasteiger partial charge in [0.1, 0.15) is 5.69 Å². The van der Waals surface area contributed by atoms with E-state index < -0.39 is 10.0 Å². The van der Waals surface area contributed by atoms with Crippen molar-refractivity contribution in [3.8, 4) is 0 Å². The fourth-order valence-electron chi connectivity index (χ4n) is 3.51. The van der Waals surface area contributed by atoms with Gasteiger partial charge < -0.3 is 10.5 Å². The smallest absolute Gasteiger partial charge is 0.240 e. The maximum absolute atomic E-state index is 12.6. The van der Waals surface area contributed by atoms with Crippen molar-refractivity contribution in [3.63, 3.8) is 0 Å². The van der Waals surface area contributed by atoms with Crippen LogP contribution in [0.5, 0.6) is 0 Å². The number of hydrogen-bond donors (Lipinski definition) is 2. The highest BCUT2D eigenvalue weighted by molar-refractivity contribution is 9.10. The summed E-state index contributed by atoms with van der Waals surface area (Å²) in [6, 6.07) is 12.0. The van der Waals surface area contributed by atoms with Gasteiger partial charge in [0.05, 0.1) is 23.8 Å². The number of nitrogens with two attached hydrogens (primary N) is 1. The van der Waals surface area contributed by atoms with Gasteiger partial charge in [-0.2, -0.15) is 5.11 Å². The van der Waals surface area contributed by atoms with Crippen LogP contribution in [0.4, 0.5) is 17.2 Å². The van der Waals surface area contributed by atoms with E-state index in [0.29, 0.717) is 17.9 Å². The lowest BCUT2D eigenvalue weighted by Crippen LogP contribution is -2.38. The summed E-state index contributed by atoms with van der Waals surface area (Å²) in [7, 11) is -3.59. The molecule has 33 heavy (non-hydrogen) atoms. The number of anilines is 1. The predicted octanol–water partition coefficient (Wildman–Crippen LogP) is 4.00. The molecule has 1 saturated heterocycles. The quantitative estimate of drug-likeness (QED) is 0.334. The summed E-state index contributed by atoms with van der Waals surface area (Å²) in [6.45, 7) is 4.46. The lowest BCUT2D eigenvalue weighted by atomic mass is 10.1. The first-order valence-corrected chi connectivity index (χ1v) is 12.9. The number of sulfonamides is 1. The molecular weight excluding hydrogens is 508 g/mol. The van der Waals surface area contributed by atoms with Crippen LogP contribution in [-0.2, 0) is 14.8 Å². The second-order valence-electron chi connectivity index (χ2n) is 7.62. The molecule has 0 radical (unpaired) electrons. The maximum Gasteiger partial charge on any atom is 0.240 e. The normalized spacial score (nSPS) is 15.4. The molecule has 0 amide bonds. The van der Waals surface area contributed by atoms with Gasteiger partial charge in [0.2, 0.25) is 10.0 Å². The summed E-state index contributed by atoms with van der Waals surface area (Å²) in [5.74, 6) is 0.268. The predicted molar refractivity (Wildman–Crippen MR) is 132 cm³/mol. The summed E-state index contributed by atoms with van der Waals surface area (Å²) in [4.78, 5) is 6.63. The Morgan fingerprint density at radius 2 is 1.88 bits per heavy atom. The number of nitrogen functional groups attached to an aromatic ring is 1. The Kier molecular flexibility index (Phi) is 7.66. The van der Waals surface area contributed by atoms with Crippen LogP contribution in [0, 0.1) is 0 Å². The minimum absolute atomic E-state index is 0.183. The number of fused-ring (bicyclic) bond motifs is 1. The number of benzene rings is 2. The molecule has 2 heterocycles. The molecule has 0 unspecified atom stereocenters. The molecule has 174 valence electrons. The first-order valence-electron chi connectivity index (χ1n) is 10.6. The highest BCUT2D eigenvalue weighted by Gasteiger charge is 2.14. The number of aromatic nitrogens is 1. The molecule has 9 nitrogen and oxygen atoms in total. The Labute approximate surface area is 201 Å². The van der Waals surface area contributed by atoms with Crippen LogP contribution in [0.1, 0.15) is 6.42 Å². The molecule has 1 aliphatic heterocycles. The van der Waals surface area contributed by atoms with Crippen molar-refractivity contribution in [2.75, 3.05) is 45.1 Å². The molecular formula is C22H25BrN6O3S. The molecule has 0 aliphatic carbocycles. The fourth-order valence-corrected chi connectivity index (χ4v) is 4.94. The monoisotopic (exact) mass is 532 g/mol. The van der Waals surface area contributed by atoms with E-state index in [2.05, 4.69) is 40.8 Å². The summed E-state index contributed by atoms with van der Waals surface area (Å²) in [5, 5.41) is 10.2. The minimum atomic E-state index is -3.59. The van der Waals surface area contributed by atoms with Crippen molar-refractivity contribution in [2.45, 2.75) is 11.3 Å². The molecule has 2 aromatic carbocycles. The van der Waals surface area contributed by atoms with Gasteiger partial charge >= 0.3 is 0 Å². The van der Waals surface area contributed by atoms with E-state index in [-0.39, 0.29) is 10.7 Å². The molecule has 11 heteroatoms. The molecule has 3 N–H and O–H groups in total. The number of halogens is 1. The van der Waals surface area contributed by atoms with Crippen molar-refractivity contribution in [1.29, 1.82) is 0 Å². The first kappa shape index (κ1) is 23.7. The molecule has 4 rings (SSSR count). The Morgan fingerprint density at radius 1 is 1.12 bits per heavy atom. The van der Waals surface area contributed by atoms with E-state index in [1.54, 1.807) is 18.3 Å². The zero-order valence-electron chi connectivity index (χ0n) is 17.9. The van der Waals surface area contributed by atoms with Crippen LogP contribution >= 0.6 is 15.9 Å². The lowest BCUT2D eigenvalue weighted by molar-refractivity contribution is 0.0376. The number of hydrogen-bond acceptors (Lipinski definition) is 8. The summed E-state index contributed by atoms with van der Waals surface area (Å²) >= 11 is 3.45.